The smallest absolute Gasteiger partial charge is 0.243 e. The largest absolute Gasteiger partial charge is 0.397 e. The Kier molecular flexibility index (Phi) is 4.57. The van der Waals surface area contributed by atoms with E-state index in [1.807, 2.05) is 6.92 Å². The number of sulfonamides is 1. The summed E-state index contributed by atoms with van der Waals surface area (Å²) in [6.45, 7) is 3.84. The molecule has 1 aromatic carbocycles. The van der Waals surface area contributed by atoms with Crippen LogP contribution >= 0.6 is 22.9 Å². The third-order valence-corrected chi connectivity index (χ3v) is 6.39. The van der Waals surface area contributed by atoms with Crippen molar-refractivity contribution >= 4 is 38.6 Å². The fourth-order valence-electron chi connectivity index (χ4n) is 1.88. The van der Waals surface area contributed by atoms with Crippen LogP contribution in [0.3, 0.4) is 0 Å². The lowest BCUT2D eigenvalue weighted by Crippen LogP contribution is -2.27. The van der Waals surface area contributed by atoms with Gasteiger partial charge in [-0.05, 0) is 31.5 Å². The Balaban J connectivity index is 2.38. The van der Waals surface area contributed by atoms with Gasteiger partial charge < -0.3 is 5.73 Å². The average molecular weight is 346 g/mol. The van der Waals surface area contributed by atoms with Crippen molar-refractivity contribution in [2.45, 2.75) is 25.3 Å². The zero-order valence-electron chi connectivity index (χ0n) is 11.9. The number of nitrogens with two attached hydrogens (primary N) is 1. The summed E-state index contributed by atoms with van der Waals surface area (Å²) in [5, 5.41) is 0.354. The Bertz CT molecular complexity index is 772. The molecule has 0 amide bonds. The maximum Gasteiger partial charge on any atom is 0.243 e. The molecule has 0 aliphatic rings. The van der Waals surface area contributed by atoms with E-state index in [1.165, 1.54) is 21.7 Å². The van der Waals surface area contributed by atoms with E-state index in [0.29, 0.717) is 10.6 Å². The number of nitrogen functional groups attached to an aromatic ring is 1. The normalized spacial score (nSPS) is 12.0. The number of benzene rings is 1. The van der Waals surface area contributed by atoms with Crippen LogP contribution < -0.4 is 5.73 Å². The monoisotopic (exact) mass is 345 g/mol. The van der Waals surface area contributed by atoms with Crippen molar-refractivity contribution in [2.75, 3.05) is 12.8 Å². The van der Waals surface area contributed by atoms with Crippen molar-refractivity contribution in [1.82, 2.24) is 9.29 Å². The first kappa shape index (κ1) is 16.2. The summed E-state index contributed by atoms with van der Waals surface area (Å²) in [6, 6.07) is 2.97. The maximum absolute atomic E-state index is 12.7. The van der Waals surface area contributed by atoms with Crippen LogP contribution in [0.1, 0.15) is 16.1 Å². The number of rotatable bonds is 4. The lowest BCUT2D eigenvalue weighted by atomic mass is 10.2. The Hall–Kier alpha value is -1.15. The van der Waals surface area contributed by atoms with Gasteiger partial charge in [0.05, 0.1) is 26.8 Å². The van der Waals surface area contributed by atoms with E-state index in [9.17, 15) is 8.42 Å². The molecule has 0 atom stereocenters. The molecule has 21 heavy (non-hydrogen) atoms. The molecule has 1 aromatic heterocycles. The summed E-state index contributed by atoms with van der Waals surface area (Å²) < 4.78 is 26.6. The van der Waals surface area contributed by atoms with Crippen molar-refractivity contribution < 1.29 is 8.42 Å². The van der Waals surface area contributed by atoms with E-state index in [-0.39, 0.29) is 17.1 Å². The van der Waals surface area contributed by atoms with Gasteiger partial charge in [-0.15, -0.1) is 11.3 Å². The number of hydrogen-bond donors (Lipinski definition) is 1. The van der Waals surface area contributed by atoms with Gasteiger partial charge in [0.15, 0.2) is 0 Å². The third-order valence-electron chi connectivity index (χ3n) is 3.19. The first-order chi connectivity index (χ1) is 9.73. The molecule has 0 spiro atoms. The number of halogens is 1. The van der Waals surface area contributed by atoms with E-state index in [0.717, 1.165) is 10.6 Å². The lowest BCUT2D eigenvalue weighted by molar-refractivity contribution is 0.468. The highest BCUT2D eigenvalue weighted by atomic mass is 35.5. The van der Waals surface area contributed by atoms with Crippen molar-refractivity contribution in [3.05, 3.63) is 38.8 Å². The molecule has 8 heteroatoms. The zero-order valence-corrected chi connectivity index (χ0v) is 14.3. The highest BCUT2D eigenvalue weighted by molar-refractivity contribution is 7.89. The Morgan fingerprint density at radius 2 is 2.05 bits per heavy atom. The summed E-state index contributed by atoms with van der Waals surface area (Å²) >= 11 is 7.35. The van der Waals surface area contributed by atoms with Crippen molar-refractivity contribution in [2.24, 2.45) is 0 Å². The van der Waals surface area contributed by atoms with E-state index >= 15 is 0 Å². The fourth-order valence-corrected chi connectivity index (χ4v) is 4.39. The molecule has 2 N–H and O–H groups in total. The predicted molar refractivity (Wildman–Crippen MR) is 86.1 cm³/mol. The molecule has 0 aliphatic carbocycles. The standard InChI is InChI=1S/C13H16ClN3O2S2/c1-8-4-10(14)11(15)5-13(8)21(18,19)17(3)6-12-9(2)16-7-20-12/h4-5,7H,6,15H2,1-3H3. The molecule has 0 aliphatic heterocycles. The van der Waals surface area contributed by atoms with Crippen LogP contribution in [0.5, 0.6) is 0 Å². The van der Waals surface area contributed by atoms with Crippen LogP contribution in [0.4, 0.5) is 5.69 Å². The van der Waals surface area contributed by atoms with Crippen molar-refractivity contribution in [3.63, 3.8) is 0 Å². The van der Waals surface area contributed by atoms with Crippen LogP contribution in [-0.4, -0.2) is 24.8 Å². The van der Waals surface area contributed by atoms with Gasteiger partial charge in [-0.1, -0.05) is 11.6 Å². The Morgan fingerprint density at radius 1 is 1.38 bits per heavy atom. The minimum atomic E-state index is -3.63. The first-order valence-electron chi connectivity index (χ1n) is 6.14. The first-order valence-corrected chi connectivity index (χ1v) is 8.84. The minimum Gasteiger partial charge on any atom is -0.397 e. The zero-order chi connectivity index (χ0) is 15.8. The van der Waals surface area contributed by atoms with Crippen LogP contribution in [0.25, 0.3) is 0 Å². The van der Waals surface area contributed by atoms with E-state index in [1.54, 1.807) is 25.5 Å². The molecule has 1 heterocycles. The number of thiazole rings is 1. The van der Waals surface area contributed by atoms with Crippen LogP contribution in [0, 0.1) is 13.8 Å². The van der Waals surface area contributed by atoms with Gasteiger partial charge in [0, 0.05) is 18.5 Å². The quantitative estimate of drug-likeness (QED) is 0.864. The average Bonchev–Trinajstić information content (AvgIpc) is 2.79. The number of anilines is 1. The SMILES string of the molecule is Cc1cc(Cl)c(N)cc1S(=O)(=O)N(C)Cc1scnc1C. The van der Waals surface area contributed by atoms with Crippen molar-refractivity contribution in [1.29, 1.82) is 0 Å². The van der Waals surface area contributed by atoms with Gasteiger partial charge in [0.1, 0.15) is 0 Å². The van der Waals surface area contributed by atoms with Gasteiger partial charge >= 0.3 is 0 Å². The molecule has 114 valence electrons. The second-order valence-electron chi connectivity index (χ2n) is 4.76. The molecule has 5 nitrogen and oxygen atoms in total. The Labute approximate surface area is 133 Å². The lowest BCUT2D eigenvalue weighted by Gasteiger charge is -2.18. The molecule has 0 fully saturated rings. The van der Waals surface area contributed by atoms with Gasteiger partial charge in [0.2, 0.25) is 10.0 Å². The third kappa shape index (κ3) is 3.21. The summed E-state index contributed by atoms with van der Waals surface area (Å²) in [5.41, 5.74) is 9.10. The topological polar surface area (TPSA) is 76.3 Å². The number of aryl methyl sites for hydroxylation is 2. The summed E-state index contributed by atoms with van der Waals surface area (Å²) in [6.07, 6.45) is 0. The van der Waals surface area contributed by atoms with E-state index in [4.69, 9.17) is 17.3 Å². The number of aromatic nitrogens is 1. The maximum atomic E-state index is 12.7. The molecule has 0 saturated heterocycles. The second-order valence-corrected chi connectivity index (χ2v) is 8.12. The molecular formula is C13H16ClN3O2S2. The molecule has 2 rings (SSSR count). The van der Waals surface area contributed by atoms with E-state index in [2.05, 4.69) is 4.98 Å². The van der Waals surface area contributed by atoms with Crippen molar-refractivity contribution in [3.8, 4) is 0 Å². The fraction of sp³-hybridized carbons (Fsp3) is 0.308. The van der Waals surface area contributed by atoms with Crippen LogP contribution in [-0.2, 0) is 16.6 Å². The number of hydrogen-bond acceptors (Lipinski definition) is 5. The predicted octanol–water partition coefficient (Wildman–Crippen LogP) is 2.82. The van der Waals surface area contributed by atoms with Gasteiger partial charge in [-0.2, -0.15) is 4.31 Å². The van der Waals surface area contributed by atoms with E-state index < -0.39 is 10.0 Å². The summed E-state index contributed by atoms with van der Waals surface area (Å²) in [4.78, 5) is 5.22. The molecule has 0 unspecified atom stereocenters. The Morgan fingerprint density at radius 3 is 2.62 bits per heavy atom. The van der Waals surface area contributed by atoms with Gasteiger partial charge in [0.25, 0.3) is 0 Å². The highest BCUT2D eigenvalue weighted by Gasteiger charge is 2.24. The highest BCUT2D eigenvalue weighted by Crippen LogP contribution is 2.28. The minimum absolute atomic E-state index is 0.175. The van der Waals surface area contributed by atoms with Crippen LogP contribution in [0.2, 0.25) is 5.02 Å². The van der Waals surface area contributed by atoms with Gasteiger partial charge in [-0.3, -0.25) is 0 Å². The van der Waals surface area contributed by atoms with Gasteiger partial charge in [-0.25, -0.2) is 13.4 Å². The summed E-state index contributed by atoms with van der Waals surface area (Å²) in [7, 11) is -2.09. The number of nitrogens with zero attached hydrogens (tertiary/aromatic N) is 2. The molecule has 0 radical (unpaired) electrons. The molecule has 0 bridgehead atoms. The molecular weight excluding hydrogens is 330 g/mol. The van der Waals surface area contributed by atoms with Crippen LogP contribution in [0.15, 0.2) is 22.5 Å². The molecule has 2 aromatic rings. The summed E-state index contributed by atoms with van der Waals surface area (Å²) in [5.74, 6) is 0. The second kappa shape index (κ2) is 5.92. The molecule has 0 saturated carbocycles.